The van der Waals surface area contributed by atoms with Crippen LogP contribution in [-0.4, -0.2) is 35.7 Å². The quantitative estimate of drug-likeness (QED) is 0.372. The molecule has 1 fully saturated rings. The average Bonchev–Trinajstić information content (AvgIpc) is 3.41. The molecule has 1 aromatic heterocycles. The van der Waals surface area contributed by atoms with Crippen molar-refractivity contribution in [2.45, 2.75) is 13.0 Å². The molecular weight excluding hydrogens is 424 g/mol. The van der Waals surface area contributed by atoms with E-state index in [-0.39, 0.29) is 18.1 Å². The standard InChI is InChI=1S/C25H20N2O6/c1-14-5-7-18(31-2)17(10-14)23(28)21-22(15-4-3-9-26-12-15)27(25(30)24(21)29)16-6-8-19-20(11-16)33-13-32-19/h3-12,22,28H,13H2,1-2H3/b23-21+. The Balaban J connectivity index is 1.73. The number of aliphatic hydroxyl groups excluding tert-OH is 1. The Morgan fingerprint density at radius 2 is 1.94 bits per heavy atom. The van der Waals surface area contributed by atoms with E-state index in [9.17, 15) is 14.7 Å². The number of benzene rings is 2. The first-order valence-corrected chi connectivity index (χ1v) is 10.2. The molecule has 3 heterocycles. The van der Waals surface area contributed by atoms with Gasteiger partial charge < -0.3 is 19.3 Å². The summed E-state index contributed by atoms with van der Waals surface area (Å²) in [7, 11) is 1.48. The molecule has 0 saturated carbocycles. The Kier molecular flexibility index (Phi) is 4.97. The van der Waals surface area contributed by atoms with Gasteiger partial charge in [0, 0.05) is 24.1 Å². The molecule has 1 amide bonds. The molecule has 8 heteroatoms. The van der Waals surface area contributed by atoms with Gasteiger partial charge in [0.2, 0.25) is 6.79 Å². The number of hydrogen-bond donors (Lipinski definition) is 1. The minimum absolute atomic E-state index is 0.0467. The number of carbonyl (C=O) groups excluding carboxylic acids is 2. The maximum absolute atomic E-state index is 13.3. The van der Waals surface area contributed by atoms with Gasteiger partial charge in [-0.3, -0.25) is 19.5 Å². The summed E-state index contributed by atoms with van der Waals surface area (Å²) in [6, 6.07) is 12.8. The molecule has 2 aliphatic heterocycles. The van der Waals surface area contributed by atoms with E-state index in [0.717, 1.165) is 5.56 Å². The maximum atomic E-state index is 13.3. The molecule has 0 bridgehead atoms. The van der Waals surface area contributed by atoms with Gasteiger partial charge in [-0.05, 0) is 42.8 Å². The number of fused-ring (bicyclic) bond motifs is 1. The fourth-order valence-corrected chi connectivity index (χ4v) is 4.14. The fraction of sp³-hybridized carbons (Fsp3) is 0.160. The van der Waals surface area contributed by atoms with E-state index in [1.165, 1.54) is 12.0 Å². The summed E-state index contributed by atoms with van der Waals surface area (Å²) in [4.78, 5) is 32.0. The second-order valence-corrected chi connectivity index (χ2v) is 7.70. The fourth-order valence-electron chi connectivity index (χ4n) is 4.14. The van der Waals surface area contributed by atoms with Crippen molar-refractivity contribution in [1.29, 1.82) is 0 Å². The number of aromatic nitrogens is 1. The van der Waals surface area contributed by atoms with Crippen LogP contribution in [0.4, 0.5) is 5.69 Å². The van der Waals surface area contributed by atoms with Crippen LogP contribution in [0, 0.1) is 6.92 Å². The van der Waals surface area contributed by atoms with Gasteiger partial charge >= 0.3 is 0 Å². The number of ketones is 1. The number of Topliss-reactive ketones (excluding diaryl/α,β-unsaturated/α-hetero) is 1. The van der Waals surface area contributed by atoms with Crippen molar-refractivity contribution in [3.63, 3.8) is 0 Å². The van der Waals surface area contributed by atoms with Gasteiger partial charge in [-0.25, -0.2) is 0 Å². The van der Waals surface area contributed by atoms with Gasteiger partial charge in [-0.1, -0.05) is 17.7 Å². The first-order valence-electron chi connectivity index (χ1n) is 10.2. The molecule has 1 atom stereocenters. The molecule has 3 aromatic rings. The monoisotopic (exact) mass is 444 g/mol. The number of aliphatic hydroxyl groups is 1. The van der Waals surface area contributed by atoms with Crippen molar-refractivity contribution in [2.75, 3.05) is 18.8 Å². The zero-order valence-electron chi connectivity index (χ0n) is 17.9. The number of nitrogens with zero attached hydrogens (tertiary/aromatic N) is 2. The van der Waals surface area contributed by atoms with Gasteiger partial charge in [0.05, 0.1) is 24.3 Å². The summed E-state index contributed by atoms with van der Waals surface area (Å²) in [5, 5.41) is 11.3. The summed E-state index contributed by atoms with van der Waals surface area (Å²) in [6.07, 6.45) is 3.16. The maximum Gasteiger partial charge on any atom is 0.300 e. The van der Waals surface area contributed by atoms with Crippen LogP contribution in [0.2, 0.25) is 0 Å². The third kappa shape index (κ3) is 3.36. The van der Waals surface area contributed by atoms with Gasteiger partial charge in [0.1, 0.15) is 11.5 Å². The van der Waals surface area contributed by atoms with Gasteiger partial charge in [-0.2, -0.15) is 0 Å². The molecule has 5 rings (SSSR count). The molecule has 1 N–H and O–H groups in total. The van der Waals surface area contributed by atoms with Crippen LogP contribution in [0.3, 0.4) is 0 Å². The lowest BCUT2D eigenvalue weighted by Crippen LogP contribution is -2.29. The van der Waals surface area contributed by atoms with Crippen LogP contribution in [0.25, 0.3) is 5.76 Å². The van der Waals surface area contributed by atoms with Crippen LogP contribution in [-0.2, 0) is 9.59 Å². The molecule has 0 aliphatic carbocycles. The highest BCUT2D eigenvalue weighted by Gasteiger charge is 2.47. The number of rotatable bonds is 4. The summed E-state index contributed by atoms with van der Waals surface area (Å²) >= 11 is 0. The molecule has 8 nitrogen and oxygen atoms in total. The van der Waals surface area contributed by atoms with E-state index >= 15 is 0 Å². The Bertz CT molecular complexity index is 1300. The van der Waals surface area contributed by atoms with Gasteiger partial charge in [-0.15, -0.1) is 0 Å². The van der Waals surface area contributed by atoms with Crippen LogP contribution in [0.5, 0.6) is 17.2 Å². The molecule has 2 aliphatic rings. The van der Waals surface area contributed by atoms with Crippen molar-refractivity contribution in [2.24, 2.45) is 0 Å². The molecule has 0 spiro atoms. The number of ether oxygens (including phenoxy) is 3. The number of carbonyl (C=O) groups is 2. The number of hydrogen-bond acceptors (Lipinski definition) is 7. The zero-order chi connectivity index (χ0) is 23.1. The summed E-state index contributed by atoms with van der Waals surface area (Å²) in [5.41, 5.74) is 2.15. The Hall–Kier alpha value is -4.33. The second-order valence-electron chi connectivity index (χ2n) is 7.70. The summed E-state index contributed by atoms with van der Waals surface area (Å²) < 4.78 is 16.2. The SMILES string of the molecule is COc1ccc(C)cc1/C(O)=C1\C(=O)C(=O)N(c2ccc3c(c2)OCO3)C1c1cccnc1. The lowest BCUT2D eigenvalue weighted by atomic mass is 9.95. The average molecular weight is 444 g/mol. The highest BCUT2D eigenvalue weighted by Crippen LogP contribution is 2.45. The predicted octanol–water partition coefficient (Wildman–Crippen LogP) is 3.75. The predicted molar refractivity (Wildman–Crippen MR) is 119 cm³/mol. The van der Waals surface area contributed by atoms with E-state index in [1.807, 2.05) is 13.0 Å². The van der Waals surface area contributed by atoms with E-state index in [4.69, 9.17) is 14.2 Å². The minimum atomic E-state index is -0.899. The second kappa shape index (κ2) is 7.98. The molecule has 1 unspecified atom stereocenters. The summed E-state index contributed by atoms with van der Waals surface area (Å²) in [6.45, 7) is 1.94. The number of methoxy groups -OCH3 is 1. The van der Waals surface area contributed by atoms with Crippen LogP contribution >= 0.6 is 0 Å². The van der Waals surface area contributed by atoms with E-state index in [2.05, 4.69) is 4.98 Å². The van der Waals surface area contributed by atoms with Crippen molar-refractivity contribution in [3.05, 3.63) is 83.2 Å². The smallest absolute Gasteiger partial charge is 0.300 e. The first kappa shape index (κ1) is 20.6. The molecule has 2 aromatic carbocycles. The third-order valence-corrected chi connectivity index (χ3v) is 5.69. The zero-order valence-corrected chi connectivity index (χ0v) is 17.9. The number of amides is 1. The normalized spacial score (nSPS) is 18.6. The molecular formula is C25H20N2O6. The lowest BCUT2D eigenvalue weighted by molar-refractivity contribution is -0.132. The van der Waals surface area contributed by atoms with Crippen molar-refractivity contribution in [3.8, 4) is 17.2 Å². The van der Waals surface area contributed by atoms with Gasteiger partial charge in [0.25, 0.3) is 11.7 Å². The number of anilines is 1. The van der Waals surface area contributed by atoms with Gasteiger partial charge in [0.15, 0.2) is 11.5 Å². The van der Waals surface area contributed by atoms with Crippen LogP contribution < -0.4 is 19.1 Å². The third-order valence-electron chi connectivity index (χ3n) is 5.69. The van der Waals surface area contributed by atoms with E-state index in [0.29, 0.717) is 34.1 Å². The molecule has 0 radical (unpaired) electrons. The number of aryl methyl sites for hydroxylation is 1. The lowest BCUT2D eigenvalue weighted by Gasteiger charge is -2.25. The largest absolute Gasteiger partial charge is 0.507 e. The minimum Gasteiger partial charge on any atom is -0.507 e. The molecule has 166 valence electrons. The summed E-state index contributed by atoms with van der Waals surface area (Å²) in [5.74, 6) is -0.473. The first-order chi connectivity index (χ1) is 16.0. The van der Waals surface area contributed by atoms with Crippen molar-refractivity contribution >= 4 is 23.1 Å². The molecule has 1 saturated heterocycles. The van der Waals surface area contributed by atoms with Crippen molar-refractivity contribution < 1.29 is 28.9 Å². The van der Waals surface area contributed by atoms with Crippen LogP contribution in [0.15, 0.2) is 66.5 Å². The highest BCUT2D eigenvalue weighted by molar-refractivity contribution is 6.51. The van der Waals surface area contributed by atoms with E-state index in [1.54, 1.807) is 54.9 Å². The number of pyridine rings is 1. The highest BCUT2D eigenvalue weighted by atomic mass is 16.7. The Morgan fingerprint density at radius 3 is 2.70 bits per heavy atom. The topological polar surface area (TPSA) is 98.2 Å². The Morgan fingerprint density at radius 1 is 1.12 bits per heavy atom. The van der Waals surface area contributed by atoms with E-state index < -0.39 is 17.7 Å². The Labute approximate surface area is 189 Å². The van der Waals surface area contributed by atoms with Crippen molar-refractivity contribution in [1.82, 2.24) is 4.98 Å². The molecule has 33 heavy (non-hydrogen) atoms. The van der Waals surface area contributed by atoms with Crippen LogP contribution in [0.1, 0.15) is 22.7 Å².